The van der Waals surface area contributed by atoms with Crippen LogP contribution in [0.5, 0.6) is 0 Å². The molecule has 0 spiro atoms. The summed E-state index contributed by atoms with van der Waals surface area (Å²) in [4.78, 5) is 23.1. The Bertz CT molecular complexity index is 1160. The van der Waals surface area contributed by atoms with Gasteiger partial charge in [0, 0.05) is 6.42 Å². The van der Waals surface area contributed by atoms with E-state index in [0.29, 0.717) is 17.4 Å². The Morgan fingerprint density at radius 3 is 1.61 bits per heavy atom. The minimum atomic E-state index is -4.36. The molecule has 3 atom stereocenters. The Labute approximate surface area is 351 Å². The smallest absolute Gasteiger partial charge is 0.387 e. The van der Waals surface area contributed by atoms with Crippen molar-refractivity contribution in [3.05, 3.63) is 72.9 Å². The maximum Gasteiger partial charge on any atom is 0.472 e. The van der Waals surface area contributed by atoms with Crippen molar-refractivity contribution < 1.29 is 32.9 Å². The summed E-state index contributed by atoms with van der Waals surface area (Å²) in [5, 5.41) is 13.8. The van der Waals surface area contributed by atoms with Crippen LogP contribution < -0.4 is 5.32 Å². The fourth-order valence-electron chi connectivity index (χ4n) is 6.05. The largest absolute Gasteiger partial charge is 0.472 e. The summed E-state index contributed by atoms with van der Waals surface area (Å²) in [6.45, 7) is 4.64. The average molecular weight is 820 g/mol. The average Bonchev–Trinajstić information content (AvgIpc) is 3.16. The number of hydrogen-bond acceptors (Lipinski definition) is 5. The first-order valence-electron chi connectivity index (χ1n) is 22.8. The molecule has 330 valence electrons. The SMILES string of the molecule is CC/C=C\C/C=C\C/C=C\C/C=C\CCCCCCC(=O)NC(COP(=O)(O)OCC[N+](C)(C)C)C(O)/C=C/CC/C=C/CCCCCCCCCCCCCC. The van der Waals surface area contributed by atoms with Crippen molar-refractivity contribution in [2.24, 2.45) is 0 Å². The number of rotatable bonds is 40. The molecule has 0 bridgehead atoms. The van der Waals surface area contributed by atoms with Gasteiger partial charge in [0.05, 0.1) is 39.9 Å². The highest BCUT2D eigenvalue weighted by molar-refractivity contribution is 7.47. The number of quaternary nitrogens is 1. The molecule has 0 aromatic heterocycles. The number of allylic oxidation sites excluding steroid dienone is 11. The number of nitrogens with one attached hydrogen (secondary N) is 1. The van der Waals surface area contributed by atoms with Crippen LogP contribution in [0.1, 0.15) is 174 Å². The van der Waals surface area contributed by atoms with Crippen LogP contribution in [0.3, 0.4) is 0 Å². The lowest BCUT2D eigenvalue weighted by atomic mass is 10.0. The summed E-state index contributed by atoms with van der Waals surface area (Å²) in [7, 11) is 1.52. The predicted molar refractivity (Wildman–Crippen MR) is 244 cm³/mol. The molecule has 0 radical (unpaired) electrons. The van der Waals surface area contributed by atoms with Gasteiger partial charge in [-0.15, -0.1) is 0 Å². The highest BCUT2D eigenvalue weighted by atomic mass is 31.2. The van der Waals surface area contributed by atoms with Gasteiger partial charge in [0.15, 0.2) is 0 Å². The third-order valence-electron chi connectivity index (χ3n) is 9.66. The van der Waals surface area contributed by atoms with Crippen molar-refractivity contribution in [1.29, 1.82) is 0 Å². The number of phosphoric acid groups is 1. The van der Waals surface area contributed by atoms with E-state index in [1.54, 1.807) is 6.08 Å². The molecule has 3 N–H and O–H groups in total. The van der Waals surface area contributed by atoms with E-state index < -0.39 is 20.0 Å². The maximum absolute atomic E-state index is 12.9. The first kappa shape index (κ1) is 54.9. The van der Waals surface area contributed by atoms with E-state index in [9.17, 15) is 19.4 Å². The Balaban J connectivity index is 4.52. The van der Waals surface area contributed by atoms with Crippen LogP contribution in [0.15, 0.2) is 72.9 Å². The molecule has 0 saturated carbocycles. The zero-order valence-electron chi connectivity index (χ0n) is 37.3. The molecule has 1 amide bonds. The lowest BCUT2D eigenvalue weighted by Gasteiger charge is -2.25. The summed E-state index contributed by atoms with van der Waals surface area (Å²) in [5.74, 6) is -0.213. The van der Waals surface area contributed by atoms with Gasteiger partial charge in [-0.25, -0.2) is 4.57 Å². The van der Waals surface area contributed by atoms with Gasteiger partial charge >= 0.3 is 7.82 Å². The molecule has 8 nitrogen and oxygen atoms in total. The van der Waals surface area contributed by atoms with E-state index in [4.69, 9.17) is 9.05 Å². The second-order valence-corrected chi connectivity index (χ2v) is 17.8. The number of aliphatic hydroxyl groups is 1. The third-order valence-corrected chi connectivity index (χ3v) is 10.6. The van der Waals surface area contributed by atoms with Crippen molar-refractivity contribution in [2.75, 3.05) is 40.9 Å². The number of nitrogens with zero attached hydrogens (tertiary/aromatic N) is 1. The Kier molecular flexibility index (Phi) is 38.0. The van der Waals surface area contributed by atoms with Crippen LogP contribution in [-0.2, 0) is 18.4 Å². The number of aliphatic hydroxyl groups excluding tert-OH is 1. The minimum Gasteiger partial charge on any atom is -0.387 e. The van der Waals surface area contributed by atoms with Crippen molar-refractivity contribution in [2.45, 2.75) is 187 Å². The van der Waals surface area contributed by atoms with E-state index in [1.165, 1.54) is 77.0 Å². The minimum absolute atomic E-state index is 0.0475. The standard InChI is InChI=1S/C48H87N2O6P/c1-6-8-10-12-14-16-18-20-22-24-26-27-29-31-33-35-37-39-41-47(51)46(45-56-57(53,54)55-44-43-50(3,4)5)49-48(52)42-40-38-36-34-32-30-28-25-23-21-19-17-15-13-11-9-7-2/h9,11,15,17,21,23,28,30-31,33,39,41,46-47,51H,6-8,10,12-14,16,18-20,22,24-27,29,32,34-38,40,42-45H2,1-5H3,(H-,49,52,53,54)/p+1/b11-9-,17-15-,23-21-,30-28-,33-31+,41-39+. The maximum atomic E-state index is 12.9. The quantitative estimate of drug-likeness (QED) is 0.0246. The number of hydrogen-bond donors (Lipinski definition) is 3. The molecular formula is C48H88N2O6P+. The number of likely N-dealkylation sites (N-methyl/N-ethyl adjacent to an activating group) is 1. The lowest BCUT2D eigenvalue weighted by molar-refractivity contribution is -0.870. The molecule has 0 aromatic rings. The van der Waals surface area contributed by atoms with Crippen LogP contribution in [0.4, 0.5) is 0 Å². The summed E-state index contributed by atoms with van der Waals surface area (Å²) in [5.41, 5.74) is 0. The van der Waals surface area contributed by atoms with Gasteiger partial charge in [0.2, 0.25) is 5.91 Å². The van der Waals surface area contributed by atoms with Crippen LogP contribution in [0.25, 0.3) is 0 Å². The summed E-state index contributed by atoms with van der Waals surface area (Å²) in [6.07, 6.45) is 52.6. The van der Waals surface area contributed by atoms with Crippen LogP contribution in [0, 0.1) is 0 Å². The molecule has 0 aliphatic rings. The lowest BCUT2D eigenvalue weighted by Crippen LogP contribution is -2.45. The fourth-order valence-corrected chi connectivity index (χ4v) is 6.78. The molecule has 57 heavy (non-hydrogen) atoms. The molecule has 9 heteroatoms. The molecule has 3 unspecified atom stereocenters. The normalized spacial score (nSPS) is 15.0. The first-order valence-corrected chi connectivity index (χ1v) is 24.3. The molecule has 0 fully saturated rings. The predicted octanol–water partition coefficient (Wildman–Crippen LogP) is 12.8. The van der Waals surface area contributed by atoms with Crippen molar-refractivity contribution in [3.63, 3.8) is 0 Å². The zero-order valence-corrected chi connectivity index (χ0v) is 38.2. The number of carbonyl (C=O) groups is 1. The molecule has 0 aliphatic carbocycles. The number of phosphoric ester groups is 1. The van der Waals surface area contributed by atoms with Gasteiger partial charge < -0.3 is 19.8 Å². The van der Waals surface area contributed by atoms with Gasteiger partial charge in [-0.2, -0.15) is 0 Å². The zero-order chi connectivity index (χ0) is 42.1. The Morgan fingerprint density at radius 1 is 0.614 bits per heavy atom. The van der Waals surface area contributed by atoms with Crippen LogP contribution in [0.2, 0.25) is 0 Å². The highest BCUT2D eigenvalue weighted by Crippen LogP contribution is 2.43. The second-order valence-electron chi connectivity index (χ2n) is 16.4. The monoisotopic (exact) mass is 820 g/mol. The molecule has 0 rings (SSSR count). The molecule has 0 saturated heterocycles. The van der Waals surface area contributed by atoms with E-state index in [1.807, 2.05) is 27.2 Å². The number of carbonyl (C=O) groups excluding carboxylic acids is 1. The van der Waals surface area contributed by atoms with Crippen molar-refractivity contribution >= 4 is 13.7 Å². The second kappa shape index (κ2) is 39.4. The van der Waals surface area contributed by atoms with Crippen LogP contribution >= 0.6 is 7.82 Å². The van der Waals surface area contributed by atoms with Gasteiger partial charge in [-0.05, 0) is 70.6 Å². The molecule has 0 heterocycles. The summed E-state index contributed by atoms with van der Waals surface area (Å²) >= 11 is 0. The topological polar surface area (TPSA) is 105 Å². The number of amides is 1. The van der Waals surface area contributed by atoms with Gasteiger partial charge in [0.25, 0.3) is 0 Å². The molecular weight excluding hydrogens is 732 g/mol. The van der Waals surface area contributed by atoms with Gasteiger partial charge in [-0.3, -0.25) is 13.8 Å². The van der Waals surface area contributed by atoms with E-state index in [2.05, 4.69) is 79.9 Å². The first-order chi connectivity index (χ1) is 27.5. The molecule has 0 aliphatic heterocycles. The molecule has 0 aromatic carbocycles. The van der Waals surface area contributed by atoms with Crippen molar-refractivity contribution in [3.8, 4) is 0 Å². The van der Waals surface area contributed by atoms with E-state index in [0.717, 1.165) is 77.0 Å². The Morgan fingerprint density at radius 2 is 1.07 bits per heavy atom. The van der Waals surface area contributed by atoms with Crippen molar-refractivity contribution in [1.82, 2.24) is 5.32 Å². The van der Waals surface area contributed by atoms with Gasteiger partial charge in [0.1, 0.15) is 13.2 Å². The summed E-state index contributed by atoms with van der Waals surface area (Å²) in [6, 6.07) is -0.879. The highest BCUT2D eigenvalue weighted by Gasteiger charge is 2.27. The van der Waals surface area contributed by atoms with Gasteiger partial charge in [-0.1, -0.05) is 170 Å². The Hall–Kier alpha value is -2.06. The number of unbranched alkanes of at least 4 members (excludes halogenated alkanes) is 17. The van der Waals surface area contributed by atoms with E-state index >= 15 is 0 Å². The van der Waals surface area contributed by atoms with E-state index in [-0.39, 0.29) is 19.1 Å². The summed E-state index contributed by atoms with van der Waals surface area (Å²) < 4.78 is 23.5. The third kappa shape index (κ3) is 41.9. The fraction of sp³-hybridized carbons (Fsp3) is 0.729. The van der Waals surface area contributed by atoms with Crippen LogP contribution in [-0.4, -0.2) is 73.4 Å².